The maximum atomic E-state index is 12.5. The zero-order valence-electron chi connectivity index (χ0n) is 14.5. The fraction of sp³-hybridized carbons (Fsp3) is 0.316. The van der Waals surface area contributed by atoms with Crippen LogP contribution in [0.3, 0.4) is 0 Å². The number of amides is 1. The van der Waals surface area contributed by atoms with Crippen molar-refractivity contribution in [3.05, 3.63) is 64.7 Å². The second-order valence-electron chi connectivity index (χ2n) is 6.51. The van der Waals surface area contributed by atoms with Crippen molar-refractivity contribution < 1.29 is 13.2 Å². The Morgan fingerprint density at radius 2 is 1.62 bits per heavy atom. The molecule has 1 fully saturated rings. The lowest BCUT2D eigenvalue weighted by molar-refractivity contribution is 0.0711. The molecule has 3 rings (SSSR count). The van der Waals surface area contributed by atoms with Gasteiger partial charge in [0.15, 0.2) is 0 Å². The minimum atomic E-state index is -3.54. The minimum Gasteiger partial charge on any atom is -0.339 e. The molecule has 1 aliphatic rings. The van der Waals surface area contributed by atoms with Crippen LogP contribution in [-0.2, 0) is 10.0 Å². The summed E-state index contributed by atoms with van der Waals surface area (Å²) in [5.41, 5.74) is 1.60. The van der Waals surface area contributed by atoms with Crippen LogP contribution in [0.4, 0.5) is 0 Å². The Morgan fingerprint density at radius 3 is 2.19 bits per heavy atom. The summed E-state index contributed by atoms with van der Waals surface area (Å²) in [6, 6.07) is 13.4. The third-order valence-electron chi connectivity index (χ3n) is 4.53. The number of hydrogen-bond acceptors (Lipinski definition) is 3. The van der Waals surface area contributed by atoms with Gasteiger partial charge in [-0.05, 0) is 56.2 Å². The number of likely N-dealkylation sites (tertiary alicyclic amines) is 1. The van der Waals surface area contributed by atoms with Crippen LogP contribution in [0, 0.1) is 6.92 Å². The van der Waals surface area contributed by atoms with Crippen LogP contribution in [0.1, 0.15) is 28.8 Å². The number of rotatable bonds is 4. The molecular formula is C19H21ClN2O3S. The largest absolute Gasteiger partial charge is 0.339 e. The smallest absolute Gasteiger partial charge is 0.253 e. The third kappa shape index (κ3) is 4.44. The number of benzene rings is 2. The maximum absolute atomic E-state index is 12.5. The van der Waals surface area contributed by atoms with E-state index in [9.17, 15) is 13.2 Å². The number of aryl methyl sites for hydroxylation is 1. The van der Waals surface area contributed by atoms with E-state index in [-0.39, 0.29) is 16.8 Å². The van der Waals surface area contributed by atoms with Crippen molar-refractivity contribution in [2.75, 3.05) is 13.1 Å². The van der Waals surface area contributed by atoms with Gasteiger partial charge in [-0.3, -0.25) is 4.79 Å². The zero-order chi connectivity index (χ0) is 18.7. The summed E-state index contributed by atoms with van der Waals surface area (Å²) in [4.78, 5) is 14.5. The average molecular weight is 393 g/mol. The van der Waals surface area contributed by atoms with Crippen molar-refractivity contribution in [1.29, 1.82) is 0 Å². The molecule has 5 nitrogen and oxygen atoms in total. The van der Waals surface area contributed by atoms with Gasteiger partial charge < -0.3 is 4.90 Å². The molecule has 0 aromatic heterocycles. The molecule has 0 bridgehead atoms. The van der Waals surface area contributed by atoms with E-state index in [2.05, 4.69) is 4.72 Å². The summed E-state index contributed by atoms with van der Waals surface area (Å²) in [7, 11) is -3.54. The predicted molar refractivity (Wildman–Crippen MR) is 102 cm³/mol. The zero-order valence-corrected chi connectivity index (χ0v) is 16.1. The number of nitrogens with one attached hydrogen (secondary N) is 1. The first-order chi connectivity index (χ1) is 12.3. The molecule has 0 radical (unpaired) electrons. The highest BCUT2D eigenvalue weighted by atomic mass is 35.5. The monoisotopic (exact) mass is 392 g/mol. The Labute approximate surface area is 159 Å². The van der Waals surface area contributed by atoms with E-state index in [4.69, 9.17) is 11.6 Å². The van der Waals surface area contributed by atoms with Gasteiger partial charge in [0.2, 0.25) is 10.0 Å². The van der Waals surface area contributed by atoms with Crippen LogP contribution >= 0.6 is 11.6 Å². The van der Waals surface area contributed by atoms with Crippen molar-refractivity contribution in [2.45, 2.75) is 30.7 Å². The molecule has 1 amide bonds. The Bertz CT molecular complexity index is 872. The van der Waals surface area contributed by atoms with E-state index >= 15 is 0 Å². The molecule has 0 spiro atoms. The van der Waals surface area contributed by atoms with Crippen LogP contribution in [0.15, 0.2) is 53.4 Å². The van der Waals surface area contributed by atoms with Gasteiger partial charge in [-0.1, -0.05) is 29.3 Å². The summed E-state index contributed by atoms with van der Waals surface area (Å²) in [5, 5.41) is 0.589. The highest BCUT2D eigenvalue weighted by molar-refractivity contribution is 7.89. The number of piperidine rings is 1. The fourth-order valence-corrected chi connectivity index (χ4v) is 4.41. The van der Waals surface area contributed by atoms with E-state index in [1.807, 2.05) is 6.92 Å². The lowest BCUT2D eigenvalue weighted by atomic mass is 10.0. The van der Waals surface area contributed by atoms with Gasteiger partial charge in [-0.25, -0.2) is 13.1 Å². The number of hydrogen-bond donors (Lipinski definition) is 1. The SMILES string of the molecule is Cc1ccc(S(=O)(=O)NC2CCN(C(=O)c3ccc(Cl)cc3)CC2)cc1. The van der Waals surface area contributed by atoms with Crippen molar-refractivity contribution >= 4 is 27.5 Å². The molecule has 1 aliphatic heterocycles. The molecule has 1 N–H and O–H groups in total. The summed E-state index contributed by atoms with van der Waals surface area (Å²) in [6.07, 6.45) is 1.18. The maximum Gasteiger partial charge on any atom is 0.253 e. The van der Waals surface area contributed by atoms with Crippen LogP contribution in [0.25, 0.3) is 0 Å². The van der Waals surface area contributed by atoms with Gasteiger partial charge in [-0.2, -0.15) is 0 Å². The molecule has 0 atom stereocenters. The van der Waals surface area contributed by atoms with Crippen molar-refractivity contribution in [3.8, 4) is 0 Å². The molecule has 138 valence electrons. The van der Waals surface area contributed by atoms with Crippen LogP contribution < -0.4 is 4.72 Å². The Hall–Kier alpha value is -1.89. The number of sulfonamides is 1. The Morgan fingerprint density at radius 1 is 1.04 bits per heavy atom. The first-order valence-corrected chi connectivity index (χ1v) is 10.3. The third-order valence-corrected chi connectivity index (χ3v) is 6.31. The molecule has 26 heavy (non-hydrogen) atoms. The van der Waals surface area contributed by atoms with Crippen LogP contribution in [0.5, 0.6) is 0 Å². The molecule has 0 saturated carbocycles. The first-order valence-electron chi connectivity index (χ1n) is 8.49. The second kappa shape index (κ2) is 7.78. The van der Waals surface area contributed by atoms with Gasteiger partial charge >= 0.3 is 0 Å². The van der Waals surface area contributed by atoms with E-state index in [0.29, 0.717) is 36.5 Å². The first kappa shape index (κ1) is 18.9. The van der Waals surface area contributed by atoms with Gasteiger partial charge in [0, 0.05) is 29.7 Å². The Kier molecular flexibility index (Phi) is 5.65. The lowest BCUT2D eigenvalue weighted by Crippen LogP contribution is -2.46. The molecule has 2 aromatic carbocycles. The molecule has 0 aliphatic carbocycles. The summed E-state index contributed by atoms with van der Waals surface area (Å²) >= 11 is 5.85. The minimum absolute atomic E-state index is 0.0542. The Balaban J connectivity index is 1.59. The molecular weight excluding hydrogens is 372 g/mol. The topological polar surface area (TPSA) is 66.5 Å². The van der Waals surface area contributed by atoms with Gasteiger partial charge in [0.05, 0.1) is 4.90 Å². The molecule has 2 aromatic rings. The predicted octanol–water partition coefficient (Wildman–Crippen LogP) is 3.23. The second-order valence-corrected chi connectivity index (χ2v) is 8.66. The number of carbonyl (C=O) groups excluding carboxylic acids is 1. The standard InChI is InChI=1S/C19H21ClN2O3S/c1-14-2-8-18(9-3-14)26(24,25)21-17-10-12-22(13-11-17)19(23)15-4-6-16(20)7-5-15/h2-9,17,21H,10-13H2,1H3. The van der Waals surface area contributed by atoms with E-state index in [0.717, 1.165) is 5.56 Å². The van der Waals surface area contributed by atoms with Crippen molar-refractivity contribution in [1.82, 2.24) is 9.62 Å². The molecule has 1 heterocycles. The average Bonchev–Trinajstić information content (AvgIpc) is 2.62. The summed E-state index contributed by atoms with van der Waals surface area (Å²) in [5.74, 6) is -0.0542. The lowest BCUT2D eigenvalue weighted by Gasteiger charge is -2.32. The summed E-state index contributed by atoms with van der Waals surface area (Å²) < 4.78 is 27.7. The highest BCUT2D eigenvalue weighted by Crippen LogP contribution is 2.18. The van der Waals surface area contributed by atoms with Gasteiger partial charge in [0.25, 0.3) is 5.91 Å². The highest BCUT2D eigenvalue weighted by Gasteiger charge is 2.27. The number of halogens is 1. The van der Waals surface area contributed by atoms with Crippen molar-refractivity contribution in [2.24, 2.45) is 0 Å². The fourth-order valence-electron chi connectivity index (χ4n) is 2.98. The van der Waals surface area contributed by atoms with Crippen LogP contribution in [0.2, 0.25) is 5.02 Å². The van der Waals surface area contributed by atoms with Gasteiger partial charge in [0.1, 0.15) is 0 Å². The van der Waals surface area contributed by atoms with Crippen LogP contribution in [-0.4, -0.2) is 38.4 Å². The van der Waals surface area contributed by atoms with E-state index < -0.39 is 10.0 Å². The van der Waals surface area contributed by atoms with Gasteiger partial charge in [-0.15, -0.1) is 0 Å². The normalized spacial score (nSPS) is 15.8. The van der Waals surface area contributed by atoms with E-state index in [1.54, 1.807) is 53.4 Å². The molecule has 1 saturated heterocycles. The van der Waals surface area contributed by atoms with Crippen molar-refractivity contribution in [3.63, 3.8) is 0 Å². The molecule has 0 unspecified atom stereocenters. The van der Waals surface area contributed by atoms with E-state index in [1.165, 1.54) is 0 Å². The summed E-state index contributed by atoms with van der Waals surface area (Å²) in [6.45, 7) is 2.95. The molecule has 7 heteroatoms. The number of carbonyl (C=O) groups is 1. The quantitative estimate of drug-likeness (QED) is 0.868. The number of nitrogens with zero attached hydrogens (tertiary/aromatic N) is 1.